The number of carbonyl (C=O) groups is 1. The molecule has 0 saturated carbocycles. The maximum absolute atomic E-state index is 14.2. The summed E-state index contributed by atoms with van der Waals surface area (Å²) in [5.74, 6) is -1.42. The number of H-pyrrole nitrogens is 1. The number of benzene rings is 1. The predicted octanol–water partition coefficient (Wildman–Crippen LogP) is 4.23. The van der Waals surface area contributed by atoms with Crippen molar-refractivity contribution in [2.45, 2.75) is 44.6 Å². The van der Waals surface area contributed by atoms with Crippen LogP contribution in [0.5, 0.6) is 0 Å². The molecule has 2 N–H and O–H groups in total. The molecule has 0 bridgehead atoms. The number of ether oxygens (including phenoxy) is 2. The number of pyridine rings is 1. The third kappa shape index (κ3) is 3.56. The van der Waals surface area contributed by atoms with Crippen LogP contribution in [0, 0.1) is 12.7 Å². The summed E-state index contributed by atoms with van der Waals surface area (Å²) in [5, 5.41) is 17.5. The number of nitrogens with zero attached hydrogens (tertiary/aromatic N) is 3. The molecule has 9 heteroatoms. The molecular formula is C25H27FN4O4. The van der Waals surface area contributed by atoms with Crippen LogP contribution in [0.2, 0.25) is 0 Å². The van der Waals surface area contributed by atoms with Crippen LogP contribution in [-0.4, -0.2) is 57.3 Å². The molecule has 178 valence electrons. The van der Waals surface area contributed by atoms with Gasteiger partial charge in [-0.15, -0.1) is 0 Å². The van der Waals surface area contributed by atoms with Gasteiger partial charge in [0.2, 0.25) is 0 Å². The van der Waals surface area contributed by atoms with E-state index in [2.05, 4.69) is 28.6 Å². The fourth-order valence-corrected chi connectivity index (χ4v) is 5.11. The van der Waals surface area contributed by atoms with Gasteiger partial charge in [0.1, 0.15) is 5.82 Å². The van der Waals surface area contributed by atoms with Crippen molar-refractivity contribution in [3.05, 3.63) is 53.1 Å². The minimum atomic E-state index is -0.970. The highest BCUT2D eigenvalue weighted by Gasteiger charge is 2.40. The Labute approximate surface area is 195 Å². The Morgan fingerprint density at radius 2 is 2.18 bits per heavy atom. The van der Waals surface area contributed by atoms with Gasteiger partial charge in [-0.3, -0.25) is 5.10 Å². The lowest BCUT2D eigenvalue weighted by Gasteiger charge is -2.29. The quantitative estimate of drug-likeness (QED) is 0.441. The standard InChI is InChI=1S/C25H27FN4O4/c1-13-7-16(5-6-17(13)26)30-18-8-14-10-27-29-23(14)28-21(18)20(22(30)25(2,3)12-33-4)15-9-19(24(31)32)34-11-15/h5-8,10,15,19H,9,11-12H2,1-4H3,(H,31,32)(H,27,28,29)/t15-,19?/m1/s1. The Kier molecular flexibility index (Phi) is 5.41. The zero-order valence-electron chi connectivity index (χ0n) is 19.6. The van der Waals surface area contributed by atoms with Gasteiger partial charge in [-0.2, -0.15) is 5.10 Å². The Bertz CT molecular complexity index is 1410. The first kappa shape index (κ1) is 22.5. The maximum Gasteiger partial charge on any atom is 0.332 e. The van der Waals surface area contributed by atoms with Crippen LogP contribution in [0.15, 0.2) is 30.5 Å². The third-order valence-corrected chi connectivity index (χ3v) is 6.61. The van der Waals surface area contributed by atoms with E-state index in [0.29, 0.717) is 24.2 Å². The number of aromatic amines is 1. The van der Waals surface area contributed by atoms with Gasteiger partial charge in [0.15, 0.2) is 11.8 Å². The van der Waals surface area contributed by atoms with Crippen LogP contribution >= 0.6 is 0 Å². The number of carboxylic acid groups (broad SMARTS) is 1. The highest BCUT2D eigenvalue weighted by atomic mass is 19.1. The number of aliphatic carboxylic acids is 1. The molecule has 1 aliphatic heterocycles. The van der Waals surface area contributed by atoms with E-state index < -0.39 is 17.5 Å². The normalized spacial score (nSPS) is 18.9. The summed E-state index contributed by atoms with van der Waals surface area (Å²) >= 11 is 0. The summed E-state index contributed by atoms with van der Waals surface area (Å²) in [6.07, 6.45) is 1.19. The van der Waals surface area contributed by atoms with Gasteiger partial charge in [0.25, 0.3) is 0 Å². The number of rotatable bonds is 6. The van der Waals surface area contributed by atoms with Crippen molar-refractivity contribution in [2.75, 3.05) is 20.3 Å². The minimum Gasteiger partial charge on any atom is -0.479 e. The molecule has 0 spiro atoms. The van der Waals surface area contributed by atoms with Gasteiger partial charge in [0.05, 0.1) is 30.4 Å². The van der Waals surface area contributed by atoms with E-state index in [1.165, 1.54) is 6.07 Å². The second-order valence-electron chi connectivity index (χ2n) is 9.60. The third-order valence-electron chi connectivity index (χ3n) is 6.61. The average molecular weight is 467 g/mol. The molecule has 2 atom stereocenters. The van der Waals surface area contributed by atoms with Crippen LogP contribution in [0.1, 0.15) is 43.0 Å². The van der Waals surface area contributed by atoms with E-state index in [4.69, 9.17) is 14.5 Å². The highest BCUT2D eigenvalue weighted by Crippen LogP contribution is 2.44. The van der Waals surface area contributed by atoms with E-state index in [0.717, 1.165) is 33.4 Å². The van der Waals surface area contributed by atoms with Gasteiger partial charge in [-0.25, -0.2) is 14.2 Å². The number of hydrogen-bond acceptors (Lipinski definition) is 5. The summed E-state index contributed by atoms with van der Waals surface area (Å²) in [6.45, 7) is 6.60. The second-order valence-corrected chi connectivity index (χ2v) is 9.60. The predicted molar refractivity (Wildman–Crippen MR) is 125 cm³/mol. The number of aromatic nitrogens is 4. The average Bonchev–Trinajstić information content (AvgIpc) is 3.50. The van der Waals surface area contributed by atoms with Crippen molar-refractivity contribution in [3.63, 3.8) is 0 Å². The number of fused-ring (bicyclic) bond motifs is 2. The molecule has 0 radical (unpaired) electrons. The first-order chi connectivity index (χ1) is 16.2. The second kappa shape index (κ2) is 8.18. The smallest absolute Gasteiger partial charge is 0.332 e. The van der Waals surface area contributed by atoms with Crippen LogP contribution < -0.4 is 0 Å². The molecule has 5 rings (SSSR count). The Balaban J connectivity index is 1.88. The van der Waals surface area contributed by atoms with Crippen molar-refractivity contribution < 1.29 is 23.8 Å². The monoisotopic (exact) mass is 466 g/mol. The molecular weight excluding hydrogens is 439 g/mol. The zero-order valence-corrected chi connectivity index (χ0v) is 19.6. The lowest BCUT2D eigenvalue weighted by molar-refractivity contribution is -0.147. The fraction of sp³-hybridized carbons (Fsp3) is 0.400. The van der Waals surface area contributed by atoms with Crippen LogP contribution in [0.25, 0.3) is 27.8 Å². The van der Waals surface area contributed by atoms with E-state index in [9.17, 15) is 14.3 Å². The maximum atomic E-state index is 14.2. The summed E-state index contributed by atoms with van der Waals surface area (Å²) < 4.78 is 27.5. The van der Waals surface area contributed by atoms with E-state index in [1.54, 1.807) is 26.3 Å². The molecule has 1 saturated heterocycles. The van der Waals surface area contributed by atoms with Gasteiger partial charge in [0, 0.05) is 40.8 Å². The van der Waals surface area contributed by atoms with Crippen LogP contribution in [0.4, 0.5) is 4.39 Å². The summed E-state index contributed by atoms with van der Waals surface area (Å²) in [5.41, 5.74) is 4.97. The van der Waals surface area contributed by atoms with E-state index >= 15 is 0 Å². The molecule has 4 aromatic rings. The van der Waals surface area contributed by atoms with E-state index in [1.807, 2.05) is 12.1 Å². The molecule has 4 heterocycles. The molecule has 1 aliphatic rings. The van der Waals surface area contributed by atoms with Gasteiger partial charge >= 0.3 is 5.97 Å². The SMILES string of the molecule is COCC(C)(C)c1c([C@H]2COC(C(=O)O)C2)c2nc3[nH]ncc3cc2n1-c1ccc(F)c(C)c1. The Morgan fingerprint density at radius 1 is 1.38 bits per heavy atom. The Hall–Kier alpha value is -3.30. The fourth-order valence-electron chi connectivity index (χ4n) is 5.11. The summed E-state index contributed by atoms with van der Waals surface area (Å²) in [4.78, 5) is 16.6. The molecule has 1 aromatic carbocycles. The van der Waals surface area contributed by atoms with Crippen molar-refractivity contribution >= 4 is 28.0 Å². The van der Waals surface area contributed by atoms with Crippen molar-refractivity contribution in [1.29, 1.82) is 0 Å². The van der Waals surface area contributed by atoms with E-state index in [-0.39, 0.29) is 18.3 Å². The molecule has 1 fully saturated rings. The largest absolute Gasteiger partial charge is 0.479 e. The highest BCUT2D eigenvalue weighted by molar-refractivity contribution is 5.94. The first-order valence-electron chi connectivity index (χ1n) is 11.2. The Morgan fingerprint density at radius 3 is 2.85 bits per heavy atom. The van der Waals surface area contributed by atoms with Crippen molar-refractivity contribution in [2.24, 2.45) is 0 Å². The minimum absolute atomic E-state index is 0.176. The molecule has 34 heavy (non-hydrogen) atoms. The van der Waals surface area contributed by atoms with Gasteiger partial charge in [-0.05, 0) is 43.2 Å². The number of halogens is 1. The molecule has 1 unspecified atom stereocenters. The number of carboxylic acids is 1. The van der Waals surface area contributed by atoms with Crippen molar-refractivity contribution in [3.8, 4) is 5.69 Å². The zero-order chi connectivity index (χ0) is 24.2. The lowest BCUT2D eigenvalue weighted by Crippen LogP contribution is -2.29. The molecule has 0 aliphatic carbocycles. The molecule has 3 aromatic heterocycles. The van der Waals surface area contributed by atoms with Crippen LogP contribution in [-0.2, 0) is 19.7 Å². The number of hydrogen-bond donors (Lipinski definition) is 2. The molecule has 0 amide bonds. The van der Waals surface area contributed by atoms with Crippen molar-refractivity contribution in [1.82, 2.24) is 19.7 Å². The van der Waals surface area contributed by atoms with Gasteiger partial charge < -0.3 is 19.1 Å². The number of nitrogens with one attached hydrogen (secondary N) is 1. The number of methoxy groups -OCH3 is 1. The summed E-state index contributed by atoms with van der Waals surface area (Å²) in [6, 6.07) is 7.05. The molecule has 8 nitrogen and oxygen atoms in total. The van der Waals surface area contributed by atoms with Crippen LogP contribution in [0.3, 0.4) is 0 Å². The lowest BCUT2D eigenvalue weighted by atomic mass is 9.82. The summed E-state index contributed by atoms with van der Waals surface area (Å²) in [7, 11) is 1.66. The number of aryl methyl sites for hydroxylation is 1. The van der Waals surface area contributed by atoms with Gasteiger partial charge in [-0.1, -0.05) is 13.8 Å². The first-order valence-corrected chi connectivity index (χ1v) is 11.2. The topological polar surface area (TPSA) is 102 Å².